The fraction of sp³-hybridized carbons (Fsp3) is 0.900. The quantitative estimate of drug-likeness (QED) is 0.600. The maximum absolute atomic E-state index is 6.03. The molecule has 1 rings (SSSR count). The molecule has 2 atom stereocenters. The van der Waals surface area contributed by atoms with Crippen molar-refractivity contribution in [2.75, 3.05) is 11.5 Å². The van der Waals surface area contributed by atoms with Gasteiger partial charge in [0, 0.05) is 22.8 Å². The van der Waals surface area contributed by atoms with Gasteiger partial charge in [0.2, 0.25) is 0 Å². The first-order valence-corrected chi connectivity index (χ1v) is 7.31. The summed E-state index contributed by atoms with van der Waals surface area (Å²) in [6, 6.07) is 0.319. The average Bonchev–Trinajstić information content (AvgIpc) is 2.16. The van der Waals surface area contributed by atoms with Crippen molar-refractivity contribution in [2.45, 2.75) is 43.7 Å². The van der Waals surface area contributed by atoms with Crippen molar-refractivity contribution < 1.29 is 0 Å². The van der Waals surface area contributed by atoms with Gasteiger partial charge >= 0.3 is 0 Å². The molecule has 1 aliphatic heterocycles. The molecule has 0 aliphatic carbocycles. The molecule has 0 bridgehead atoms. The third-order valence-electron chi connectivity index (χ3n) is 2.15. The molecule has 0 radical (unpaired) electrons. The summed E-state index contributed by atoms with van der Waals surface area (Å²) in [7, 11) is 0. The van der Waals surface area contributed by atoms with E-state index in [2.05, 4.69) is 25.8 Å². The van der Waals surface area contributed by atoms with Gasteiger partial charge in [-0.1, -0.05) is 6.92 Å². The van der Waals surface area contributed by atoms with Gasteiger partial charge in [-0.15, -0.1) is 11.8 Å². The predicted octanol–water partition coefficient (Wildman–Crippen LogP) is 2.38. The molecule has 2 nitrogen and oxygen atoms in total. The highest BCUT2D eigenvalue weighted by Crippen LogP contribution is 2.33. The average molecular weight is 232 g/mol. The van der Waals surface area contributed by atoms with Crippen LogP contribution in [0.15, 0.2) is 4.99 Å². The summed E-state index contributed by atoms with van der Waals surface area (Å²) >= 11 is 4.01. The van der Waals surface area contributed by atoms with E-state index in [1.807, 2.05) is 23.5 Å². The molecule has 0 aromatic carbocycles. The number of nitrogens with two attached hydrogens (primary N) is 1. The van der Waals surface area contributed by atoms with Crippen LogP contribution in [-0.4, -0.2) is 33.9 Å². The van der Waals surface area contributed by atoms with Crippen LogP contribution in [0.5, 0.6) is 0 Å². The van der Waals surface area contributed by atoms with E-state index >= 15 is 0 Å². The molecule has 0 spiro atoms. The Balaban J connectivity index is 2.63. The van der Waals surface area contributed by atoms with Crippen molar-refractivity contribution in [3.05, 3.63) is 0 Å². The van der Waals surface area contributed by atoms with Gasteiger partial charge in [-0.05, 0) is 20.3 Å². The first-order valence-electron chi connectivity index (χ1n) is 5.21. The summed E-state index contributed by atoms with van der Waals surface area (Å²) in [5.74, 6) is 3.32. The highest BCUT2D eigenvalue weighted by atomic mass is 32.2. The third-order valence-corrected chi connectivity index (χ3v) is 5.42. The van der Waals surface area contributed by atoms with Crippen LogP contribution >= 0.6 is 23.5 Å². The lowest BCUT2D eigenvalue weighted by atomic mass is 10.2. The molecule has 2 unspecified atom stereocenters. The van der Waals surface area contributed by atoms with Crippen molar-refractivity contribution in [1.82, 2.24) is 0 Å². The predicted molar refractivity (Wildman–Crippen MR) is 69.5 cm³/mol. The van der Waals surface area contributed by atoms with Gasteiger partial charge in [0.1, 0.15) is 5.84 Å². The van der Waals surface area contributed by atoms with Crippen LogP contribution in [0.25, 0.3) is 0 Å². The van der Waals surface area contributed by atoms with E-state index in [1.54, 1.807) is 0 Å². The molecule has 1 saturated heterocycles. The number of nitrogens with zero attached hydrogens (tertiary/aromatic N) is 1. The molecule has 0 aromatic rings. The van der Waals surface area contributed by atoms with Crippen LogP contribution in [0.3, 0.4) is 0 Å². The molecule has 1 heterocycles. The minimum atomic E-state index is 0.319. The van der Waals surface area contributed by atoms with Crippen LogP contribution in [0.1, 0.15) is 27.2 Å². The lowest BCUT2D eigenvalue weighted by Gasteiger charge is -2.29. The number of aliphatic imine (C=N–C) groups is 1. The Bertz CT molecular complexity index is 204. The van der Waals surface area contributed by atoms with Gasteiger partial charge in [0.15, 0.2) is 0 Å². The summed E-state index contributed by atoms with van der Waals surface area (Å²) < 4.78 is 0. The molecule has 0 amide bonds. The minimum absolute atomic E-state index is 0.319. The molecule has 1 aliphatic rings. The highest BCUT2D eigenvalue weighted by molar-refractivity contribution is 8.07. The lowest BCUT2D eigenvalue weighted by molar-refractivity contribution is 0.807. The Morgan fingerprint density at radius 3 is 2.64 bits per heavy atom. The third kappa shape index (κ3) is 3.39. The van der Waals surface area contributed by atoms with Crippen molar-refractivity contribution in [2.24, 2.45) is 10.7 Å². The first-order chi connectivity index (χ1) is 6.65. The number of thioether (sulfide) groups is 2. The van der Waals surface area contributed by atoms with Crippen LogP contribution in [0.4, 0.5) is 0 Å². The molecular weight excluding hydrogens is 212 g/mol. The number of rotatable bonds is 3. The van der Waals surface area contributed by atoms with E-state index in [9.17, 15) is 0 Å². The Kier molecular flexibility index (Phi) is 5.17. The Labute approximate surface area is 95.5 Å². The minimum Gasteiger partial charge on any atom is -0.387 e. The fourth-order valence-electron chi connectivity index (χ4n) is 1.55. The Morgan fingerprint density at radius 1 is 1.43 bits per heavy atom. The molecule has 14 heavy (non-hydrogen) atoms. The standard InChI is InChI=1S/C10H20N2S2/c1-4-8-9(14-6-5-13-8)10(11)12-7(2)3/h7-9H,4-6H2,1-3H3,(H2,11,12). The Hall–Kier alpha value is 0.170. The monoisotopic (exact) mass is 232 g/mol. The van der Waals surface area contributed by atoms with E-state index in [4.69, 9.17) is 5.73 Å². The SMILES string of the molecule is CCC1SCCSC1C(N)=NC(C)C. The second-order valence-corrected chi connectivity index (χ2v) is 6.35. The molecule has 1 fully saturated rings. The zero-order valence-corrected chi connectivity index (χ0v) is 10.8. The maximum Gasteiger partial charge on any atom is 0.108 e. The van der Waals surface area contributed by atoms with Gasteiger partial charge in [0.25, 0.3) is 0 Å². The lowest BCUT2D eigenvalue weighted by Crippen LogP contribution is -2.38. The van der Waals surface area contributed by atoms with E-state index in [0.717, 1.165) is 5.84 Å². The van der Waals surface area contributed by atoms with Crippen molar-refractivity contribution >= 4 is 29.4 Å². The van der Waals surface area contributed by atoms with Crippen LogP contribution in [0, 0.1) is 0 Å². The van der Waals surface area contributed by atoms with E-state index in [0.29, 0.717) is 16.5 Å². The van der Waals surface area contributed by atoms with E-state index in [1.165, 1.54) is 17.9 Å². The van der Waals surface area contributed by atoms with Gasteiger partial charge in [-0.2, -0.15) is 11.8 Å². The van der Waals surface area contributed by atoms with Gasteiger partial charge in [-0.3, -0.25) is 4.99 Å². The van der Waals surface area contributed by atoms with E-state index < -0.39 is 0 Å². The molecule has 4 heteroatoms. The van der Waals surface area contributed by atoms with Gasteiger partial charge < -0.3 is 5.73 Å². The van der Waals surface area contributed by atoms with Gasteiger partial charge in [0.05, 0.1) is 5.25 Å². The highest BCUT2D eigenvalue weighted by Gasteiger charge is 2.27. The smallest absolute Gasteiger partial charge is 0.108 e. The summed E-state index contributed by atoms with van der Waals surface area (Å²) in [6.07, 6.45) is 1.19. The van der Waals surface area contributed by atoms with Crippen molar-refractivity contribution in [3.63, 3.8) is 0 Å². The maximum atomic E-state index is 6.03. The second kappa shape index (κ2) is 5.91. The Morgan fingerprint density at radius 2 is 2.07 bits per heavy atom. The summed E-state index contributed by atoms with van der Waals surface area (Å²) in [4.78, 5) is 4.46. The van der Waals surface area contributed by atoms with Crippen LogP contribution in [0.2, 0.25) is 0 Å². The fourth-order valence-corrected chi connectivity index (χ4v) is 4.54. The normalized spacial score (nSPS) is 29.6. The molecule has 0 aromatic heterocycles. The van der Waals surface area contributed by atoms with Crippen molar-refractivity contribution in [3.8, 4) is 0 Å². The molecule has 82 valence electrons. The van der Waals surface area contributed by atoms with Crippen LogP contribution < -0.4 is 5.73 Å². The molecule has 2 N–H and O–H groups in total. The number of amidine groups is 1. The first kappa shape index (κ1) is 12.2. The number of hydrogen-bond acceptors (Lipinski definition) is 3. The zero-order chi connectivity index (χ0) is 10.6. The summed E-state index contributed by atoms with van der Waals surface area (Å²) in [5.41, 5.74) is 6.03. The van der Waals surface area contributed by atoms with E-state index in [-0.39, 0.29) is 0 Å². The largest absolute Gasteiger partial charge is 0.387 e. The summed E-state index contributed by atoms with van der Waals surface area (Å²) in [6.45, 7) is 6.39. The molecule has 0 saturated carbocycles. The van der Waals surface area contributed by atoms with Gasteiger partial charge in [-0.25, -0.2) is 0 Å². The van der Waals surface area contributed by atoms with Crippen molar-refractivity contribution in [1.29, 1.82) is 0 Å². The topological polar surface area (TPSA) is 38.4 Å². The summed E-state index contributed by atoms with van der Waals surface area (Å²) in [5, 5.41) is 1.11. The number of hydrogen-bond donors (Lipinski definition) is 1. The second-order valence-electron chi connectivity index (χ2n) is 3.76. The molecular formula is C10H20N2S2. The van der Waals surface area contributed by atoms with Crippen LogP contribution in [-0.2, 0) is 0 Å². The zero-order valence-electron chi connectivity index (χ0n) is 9.19.